The van der Waals surface area contributed by atoms with Gasteiger partial charge in [-0.2, -0.15) is 0 Å². The quantitative estimate of drug-likeness (QED) is 0.495. The first-order chi connectivity index (χ1) is 12.7. The van der Waals surface area contributed by atoms with Gasteiger partial charge in [0.05, 0.1) is 24.8 Å². The Balaban J connectivity index is 1.75. The molecule has 0 fully saturated rings. The molecule has 0 saturated carbocycles. The number of para-hydroxylation sites is 1. The summed E-state index contributed by atoms with van der Waals surface area (Å²) >= 11 is 0. The van der Waals surface area contributed by atoms with Gasteiger partial charge in [0, 0.05) is 0 Å². The molecule has 1 N–H and O–H groups in total. The Labute approximate surface area is 152 Å². The highest BCUT2D eigenvalue weighted by molar-refractivity contribution is 6.02. The second-order valence-corrected chi connectivity index (χ2v) is 5.92. The summed E-state index contributed by atoms with van der Waals surface area (Å²) in [7, 11) is 1.37. The van der Waals surface area contributed by atoms with Crippen LogP contribution in [0.1, 0.15) is 41.5 Å². The number of ether oxygens (including phenoxy) is 2. The first kappa shape index (κ1) is 17.7. The van der Waals surface area contributed by atoms with Gasteiger partial charge >= 0.3 is 5.97 Å². The summed E-state index contributed by atoms with van der Waals surface area (Å²) in [6.07, 6.45) is 6.02. The van der Waals surface area contributed by atoms with E-state index in [-0.39, 0.29) is 0 Å². The van der Waals surface area contributed by atoms with Crippen LogP contribution in [0.2, 0.25) is 0 Å². The molecule has 5 heteroatoms. The molecule has 0 spiro atoms. The maximum Gasteiger partial charge on any atom is 0.340 e. The second kappa shape index (κ2) is 8.34. The highest BCUT2D eigenvalue weighted by Crippen LogP contribution is 2.19. The smallest absolute Gasteiger partial charge is 0.340 e. The molecule has 0 aliphatic heterocycles. The number of esters is 1. The fourth-order valence-electron chi connectivity index (χ4n) is 2.59. The Kier molecular flexibility index (Phi) is 5.69. The molecule has 134 valence electrons. The Morgan fingerprint density at radius 3 is 2.69 bits per heavy atom. The van der Waals surface area contributed by atoms with Gasteiger partial charge in [0.2, 0.25) is 0 Å². The Morgan fingerprint density at radius 2 is 1.96 bits per heavy atom. The first-order valence-electron chi connectivity index (χ1n) is 8.69. The van der Waals surface area contributed by atoms with E-state index in [2.05, 4.69) is 16.9 Å². The van der Waals surface area contributed by atoms with E-state index in [4.69, 9.17) is 9.47 Å². The zero-order chi connectivity index (χ0) is 18.4. The predicted molar refractivity (Wildman–Crippen MR) is 103 cm³/mol. The minimum absolute atomic E-state index is 0.392. The standard InChI is InChI=1S/C21H22N2O3/c1-3-4-14-26-16-11-8-15(9-12-16)10-13-19-22-18-7-5-6-17(20(18)23-19)21(24)25-2/h5-13H,3-4,14H2,1-2H3,(H,22,23)/b13-10+. The van der Waals surface area contributed by atoms with E-state index in [0.29, 0.717) is 16.9 Å². The number of hydrogen-bond donors (Lipinski definition) is 1. The Morgan fingerprint density at radius 1 is 1.15 bits per heavy atom. The lowest BCUT2D eigenvalue weighted by Gasteiger charge is -2.04. The highest BCUT2D eigenvalue weighted by atomic mass is 16.5. The SMILES string of the molecule is CCCCOc1ccc(/C=C/c2nc3c(C(=O)OC)cccc3[nH]2)cc1. The molecule has 0 atom stereocenters. The van der Waals surface area contributed by atoms with Crippen LogP contribution in [0.3, 0.4) is 0 Å². The van der Waals surface area contributed by atoms with Crippen molar-refractivity contribution in [1.29, 1.82) is 0 Å². The summed E-state index contributed by atoms with van der Waals surface area (Å²) in [5.41, 5.74) is 2.90. The number of aromatic amines is 1. The third-order valence-corrected chi connectivity index (χ3v) is 4.02. The topological polar surface area (TPSA) is 64.2 Å². The average molecular weight is 350 g/mol. The van der Waals surface area contributed by atoms with Gasteiger partial charge in [-0.25, -0.2) is 9.78 Å². The predicted octanol–water partition coefficient (Wildman–Crippen LogP) is 4.70. The largest absolute Gasteiger partial charge is 0.494 e. The number of aromatic nitrogens is 2. The molecule has 0 unspecified atom stereocenters. The number of hydrogen-bond acceptors (Lipinski definition) is 4. The summed E-state index contributed by atoms with van der Waals surface area (Å²) in [6, 6.07) is 13.3. The number of nitrogens with zero attached hydrogens (tertiary/aromatic N) is 1. The lowest BCUT2D eigenvalue weighted by Crippen LogP contribution is -2.01. The van der Waals surface area contributed by atoms with E-state index >= 15 is 0 Å². The van der Waals surface area contributed by atoms with Crippen molar-refractivity contribution in [3.8, 4) is 5.75 Å². The average Bonchev–Trinajstić information content (AvgIpc) is 3.10. The van der Waals surface area contributed by atoms with E-state index in [1.165, 1.54) is 7.11 Å². The molecule has 5 nitrogen and oxygen atoms in total. The lowest BCUT2D eigenvalue weighted by atomic mass is 10.2. The van der Waals surface area contributed by atoms with Crippen LogP contribution in [0.5, 0.6) is 5.75 Å². The summed E-state index contributed by atoms with van der Waals surface area (Å²) < 4.78 is 10.5. The molecular weight excluding hydrogens is 328 g/mol. The molecule has 0 aliphatic carbocycles. The van der Waals surface area contributed by atoms with Crippen molar-refractivity contribution in [2.75, 3.05) is 13.7 Å². The first-order valence-corrected chi connectivity index (χ1v) is 8.69. The number of H-pyrrole nitrogens is 1. The molecule has 0 saturated heterocycles. The number of rotatable bonds is 7. The molecule has 3 aromatic rings. The van der Waals surface area contributed by atoms with E-state index in [1.807, 2.05) is 42.5 Å². The van der Waals surface area contributed by atoms with Gasteiger partial charge in [-0.3, -0.25) is 0 Å². The molecule has 1 heterocycles. The fraction of sp³-hybridized carbons (Fsp3) is 0.238. The third kappa shape index (κ3) is 4.11. The molecular formula is C21H22N2O3. The van der Waals surface area contributed by atoms with E-state index in [1.54, 1.807) is 12.1 Å². The van der Waals surface area contributed by atoms with Crippen LogP contribution < -0.4 is 4.74 Å². The van der Waals surface area contributed by atoms with Crippen molar-refractivity contribution in [3.05, 3.63) is 59.4 Å². The molecule has 1 aromatic heterocycles. The zero-order valence-corrected chi connectivity index (χ0v) is 15.0. The maximum absolute atomic E-state index is 11.8. The zero-order valence-electron chi connectivity index (χ0n) is 15.0. The number of fused-ring (bicyclic) bond motifs is 1. The minimum atomic E-state index is -0.392. The number of imidazole rings is 1. The van der Waals surface area contributed by atoms with Crippen molar-refractivity contribution in [2.24, 2.45) is 0 Å². The highest BCUT2D eigenvalue weighted by Gasteiger charge is 2.12. The number of benzene rings is 2. The second-order valence-electron chi connectivity index (χ2n) is 5.92. The lowest BCUT2D eigenvalue weighted by molar-refractivity contribution is 0.0603. The van der Waals surface area contributed by atoms with Crippen molar-refractivity contribution < 1.29 is 14.3 Å². The van der Waals surface area contributed by atoms with Crippen LogP contribution in [0.4, 0.5) is 0 Å². The summed E-state index contributed by atoms with van der Waals surface area (Å²) in [6.45, 7) is 2.89. The molecule has 0 bridgehead atoms. The van der Waals surface area contributed by atoms with Crippen molar-refractivity contribution in [3.63, 3.8) is 0 Å². The number of nitrogens with one attached hydrogen (secondary N) is 1. The fourth-order valence-corrected chi connectivity index (χ4v) is 2.59. The van der Waals surface area contributed by atoms with Gasteiger partial charge in [0.15, 0.2) is 0 Å². The van der Waals surface area contributed by atoms with Crippen molar-refractivity contribution in [1.82, 2.24) is 9.97 Å². The van der Waals surface area contributed by atoms with Gasteiger partial charge in [-0.05, 0) is 42.3 Å². The van der Waals surface area contributed by atoms with Crippen molar-refractivity contribution in [2.45, 2.75) is 19.8 Å². The van der Waals surface area contributed by atoms with Gasteiger partial charge in [0.1, 0.15) is 17.1 Å². The summed E-state index contributed by atoms with van der Waals surface area (Å²) in [5.74, 6) is 1.16. The number of carbonyl (C=O) groups is 1. The minimum Gasteiger partial charge on any atom is -0.494 e. The number of methoxy groups -OCH3 is 1. The van der Waals surface area contributed by atoms with Crippen LogP contribution in [-0.2, 0) is 4.74 Å². The van der Waals surface area contributed by atoms with E-state index in [0.717, 1.165) is 36.3 Å². The third-order valence-electron chi connectivity index (χ3n) is 4.02. The van der Waals surface area contributed by atoms with Crippen LogP contribution in [0.25, 0.3) is 23.2 Å². The van der Waals surface area contributed by atoms with Gasteiger partial charge in [-0.15, -0.1) is 0 Å². The van der Waals surface area contributed by atoms with Crippen LogP contribution in [0, 0.1) is 0 Å². The monoisotopic (exact) mass is 350 g/mol. The number of unbranched alkanes of at least 4 members (excludes halogenated alkanes) is 1. The van der Waals surface area contributed by atoms with Crippen LogP contribution in [0.15, 0.2) is 42.5 Å². The van der Waals surface area contributed by atoms with Gasteiger partial charge in [-0.1, -0.05) is 37.6 Å². The summed E-state index contributed by atoms with van der Waals surface area (Å²) in [4.78, 5) is 19.5. The Hall–Kier alpha value is -3.08. The Bertz CT molecular complexity index is 911. The molecule has 2 aromatic carbocycles. The van der Waals surface area contributed by atoms with Crippen LogP contribution >= 0.6 is 0 Å². The molecule has 3 rings (SSSR count). The molecule has 26 heavy (non-hydrogen) atoms. The molecule has 0 radical (unpaired) electrons. The summed E-state index contributed by atoms with van der Waals surface area (Å²) in [5, 5.41) is 0. The van der Waals surface area contributed by atoms with Crippen molar-refractivity contribution >= 4 is 29.2 Å². The molecule has 0 amide bonds. The van der Waals surface area contributed by atoms with Gasteiger partial charge in [0.25, 0.3) is 0 Å². The maximum atomic E-state index is 11.8. The number of carbonyl (C=O) groups excluding carboxylic acids is 1. The normalized spacial score (nSPS) is 11.2. The van der Waals surface area contributed by atoms with E-state index < -0.39 is 5.97 Å². The van der Waals surface area contributed by atoms with Gasteiger partial charge < -0.3 is 14.5 Å². The molecule has 0 aliphatic rings. The van der Waals surface area contributed by atoms with Crippen LogP contribution in [-0.4, -0.2) is 29.7 Å². The van der Waals surface area contributed by atoms with E-state index in [9.17, 15) is 4.79 Å².